The van der Waals surface area contributed by atoms with Crippen LogP contribution in [0.5, 0.6) is 0 Å². The number of benzene rings is 1. The molecule has 2 amide bonds. The molecule has 8 nitrogen and oxygen atoms in total. The molecule has 8 heteroatoms. The lowest BCUT2D eigenvalue weighted by atomic mass is 10.0. The van der Waals surface area contributed by atoms with Gasteiger partial charge in [-0.3, -0.25) is 4.68 Å². The fourth-order valence-electron chi connectivity index (χ4n) is 4.17. The number of rotatable bonds is 3. The van der Waals surface area contributed by atoms with Gasteiger partial charge in [0.2, 0.25) is 0 Å². The maximum absolute atomic E-state index is 12.5. The fraction of sp³-hybridized carbons (Fsp3) is 0.478. The molecule has 1 aromatic carbocycles. The summed E-state index contributed by atoms with van der Waals surface area (Å²) in [6, 6.07) is 10.5. The van der Waals surface area contributed by atoms with Gasteiger partial charge in [0.15, 0.2) is 5.82 Å². The molecular formula is C23H31N7O. The number of likely N-dealkylation sites (tertiary alicyclic amines) is 1. The SMILES string of the molecule is CN(c1nnc(-c2ccnn2C)c2ccccc12)C1CCN(C(=O)NC(C)(C)C)CC1. The monoisotopic (exact) mass is 421 g/mol. The number of carbonyl (C=O) groups is 1. The summed E-state index contributed by atoms with van der Waals surface area (Å²) in [7, 11) is 3.99. The number of nitrogens with one attached hydrogen (secondary N) is 1. The lowest BCUT2D eigenvalue weighted by Gasteiger charge is -2.38. The average Bonchev–Trinajstić information content (AvgIpc) is 3.17. The Labute approximate surface area is 183 Å². The Hall–Kier alpha value is -3.16. The van der Waals surface area contributed by atoms with Crippen molar-refractivity contribution in [3.05, 3.63) is 36.5 Å². The molecule has 0 spiro atoms. The number of urea groups is 1. The maximum Gasteiger partial charge on any atom is 0.317 e. The highest BCUT2D eigenvalue weighted by Gasteiger charge is 2.28. The van der Waals surface area contributed by atoms with Crippen LogP contribution in [0, 0.1) is 0 Å². The molecule has 1 N–H and O–H groups in total. The third kappa shape index (κ3) is 4.33. The number of piperidine rings is 1. The fourth-order valence-corrected chi connectivity index (χ4v) is 4.17. The van der Waals surface area contributed by atoms with Crippen molar-refractivity contribution in [1.29, 1.82) is 0 Å². The normalized spacial score (nSPS) is 15.3. The van der Waals surface area contributed by atoms with E-state index in [1.807, 2.05) is 55.6 Å². The summed E-state index contributed by atoms with van der Waals surface area (Å²) < 4.78 is 1.82. The Morgan fingerprint density at radius 3 is 2.39 bits per heavy atom. The first kappa shape index (κ1) is 21.1. The third-order valence-corrected chi connectivity index (χ3v) is 5.85. The van der Waals surface area contributed by atoms with Gasteiger partial charge in [-0.2, -0.15) is 5.10 Å². The zero-order valence-electron chi connectivity index (χ0n) is 19.0. The predicted molar refractivity (Wildman–Crippen MR) is 123 cm³/mol. The number of hydrogen-bond donors (Lipinski definition) is 1. The van der Waals surface area contributed by atoms with Gasteiger partial charge in [-0.15, -0.1) is 10.2 Å². The highest BCUT2D eigenvalue weighted by Crippen LogP contribution is 2.32. The summed E-state index contributed by atoms with van der Waals surface area (Å²) in [5.41, 5.74) is 1.55. The van der Waals surface area contributed by atoms with Gasteiger partial charge in [-0.1, -0.05) is 24.3 Å². The molecule has 1 aliphatic heterocycles. The molecule has 164 valence electrons. The first-order chi connectivity index (χ1) is 14.7. The number of fused-ring (bicyclic) bond motifs is 1. The smallest absolute Gasteiger partial charge is 0.317 e. The van der Waals surface area contributed by atoms with Crippen LogP contribution in [-0.4, -0.2) is 62.6 Å². The van der Waals surface area contributed by atoms with Crippen LogP contribution in [0.3, 0.4) is 0 Å². The second-order valence-corrected chi connectivity index (χ2v) is 9.27. The first-order valence-corrected chi connectivity index (χ1v) is 10.8. The van der Waals surface area contributed by atoms with E-state index in [2.05, 4.69) is 44.7 Å². The number of hydrogen-bond acceptors (Lipinski definition) is 5. The molecule has 0 aliphatic carbocycles. The van der Waals surface area contributed by atoms with E-state index in [4.69, 9.17) is 0 Å². The van der Waals surface area contributed by atoms with E-state index in [-0.39, 0.29) is 11.6 Å². The molecule has 4 rings (SSSR count). The number of aromatic nitrogens is 4. The van der Waals surface area contributed by atoms with Crippen LogP contribution in [0.4, 0.5) is 10.6 Å². The quantitative estimate of drug-likeness (QED) is 0.701. The zero-order valence-corrected chi connectivity index (χ0v) is 19.0. The first-order valence-electron chi connectivity index (χ1n) is 10.8. The van der Waals surface area contributed by atoms with Crippen molar-refractivity contribution in [2.75, 3.05) is 25.0 Å². The summed E-state index contributed by atoms with van der Waals surface area (Å²) >= 11 is 0. The molecular weight excluding hydrogens is 390 g/mol. The average molecular weight is 422 g/mol. The second-order valence-electron chi connectivity index (χ2n) is 9.27. The standard InChI is InChI=1S/C23H31N7O/c1-23(2,3)25-22(31)30-14-11-16(12-15-30)28(4)21-18-9-7-6-8-17(18)20(26-27-21)19-10-13-24-29(19)5/h6-10,13,16H,11-12,14-15H2,1-5H3,(H,25,31). The zero-order chi connectivity index (χ0) is 22.2. The number of carbonyl (C=O) groups excluding carboxylic acids is 1. The molecule has 0 bridgehead atoms. The van der Waals surface area contributed by atoms with Crippen molar-refractivity contribution in [2.24, 2.45) is 7.05 Å². The maximum atomic E-state index is 12.5. The minimum absolute atomic E-state index is 0.0133. The Balaban J connectivity index is 1.55. The number of aryl methyl sites for hydroxylation is 1. The van der Waals surface area contributed by atoms with Crippen molar-refractivity contribution in [3.63, 3.8) is 0 Å². The van der Waals surface area contributed by atoms with Gasteiger partial charge in [0, 0.05) is 55.7 Å². The van der Waals surface area contributed by atoms with E-state index in [0.717, 1.165) is 53.9 Å². The summed E-state index contributed by atoms with van der Waals surface area (Å²) in [5.74, 6) is 0.874. The molecule has 0 unspecified atom stereocenters. The number of nitrogens with zero attached hydrogens (tertiary/aromatic N) is 6. The molecule has 0 saturated carbocycles. The van der Waals surface area contributed by atoms with Crippen molar-refractivity contribution in [3.8, 4) is 11.4 Å². The van der Waals surface area contributed by atoms with Crippen LogP contribution >= 0.6 is 0 Å². The van der Waals surface area contributed by atoms with Gasteiger partial charge in [-0.05, 0) is 39.7 Å². The summed E-state index contributed by atoms with van der Waals surface area (Å²) in [6.07, 6.45) is 3.57. The molecule has 1 fully saturated rings. The Bertz CT molecular complexity index is 1080. The van der Waals surface area contributed by atoms with Crippen molar-refractivity contribution in [2.45, 2.75) is 45.2 Å². The Morgan fingerprint density at radius 2 is 1.77 bits per heavy atom. The second kappa shape index (κ2) is 8.17. The van der Waals surface area contributed by atoms with Crippen molar-refractivity contribution >= 4 is 22.6 Å². The largest absolute Gasteiger partial charge is 0.355 e. The highest BCUT2D eigenvalue weighted by atomic mass is 16.2. The molecule has 1 saturated heterocycles. The molecule has 2 aromatic heterocycles. The molecule has 1 aliphatic rings. The van der Waals surface area contributed by atoms with E-state index >= 15 is 0 Å². The molecule has 0 radical (unpaired) electrons. The Kier molecular flexibility index (Phi) is 5.56. The lowest BCUT2D eigenvalue weighted by Crippen LogP contribution is -2.53. The number of amides is 2. The van der Waals surface area contributed by atoms with Gasteiger partial charge >= 0.3 is 6.03 Å². The van der Waals surface area contributed by atoms with Gasteiger partial charge in [0.25, 0.3) is 0 Å². The summed E-state index contributed by atoms with van der Waals surface area (Å²) in [4.78, 5) is 16.6. The van der Waals surface area contributed by atoms with Crippen LogP contribution in [0.2, 0.25) is 0 Å². The van der Waals surface area contributed by atoms with Crippen LogP contribution < -0.4 is 10.2 Å². The van der Waals surface area contributed by atoms with Crippen LogP contribution in [-0.2, 0) is 7.05 Å². The molecule has 0 atom stereocenters. The topological polar surface area (TPSA) is 79.2 Å². The molecule has 3 heterocycles. The van der Waals surface area contributed by atoms with Crippen LogP contribution in [0.1, 0.15) is 33.6 Å². The van der Waals surface area contributed by atoms with Crippen LogP contribution in [0.15, 0.2) is 36.5 Å². The van der Waals surface area contributed by atoms with E-state index in [1.165, 1.54) is 0 Å². The predicted octanol–water partition coefficient (Wildman–Crippen LogP) is 3.44. The minimum atomic E-state index is -0.227. The van der Waals surface area contributed by atoms with E-state index in [9.17, 15) is 4.79 Å². The van der Waals surface area contributed by atoms with E-state index in [0.29, 0.717) is 6.04 Å². The van der Waals surface area contributed by atoms with Gasteiger partial charge in [-0.25, -0.2) is 4.79 Å². The van der Waals surface area contributed by atoms with Gasteiger partial charge in [0.05, 0.1) is 5.69 Å². The third-order valence-electron chi connectivity index (χ3n) is 5.85. The summed E-state index contributed by atoms with van der Waals surface area (Å²) in [6.45, 7) is 7.48. The van der Waals surface area contributed by atoms with E-state index in [1.54, 1.807) is 6.20 Å². The number of anilines is 1. The van der Waals surface area contributed by atoms with Gasteiger partial charge < -0.3 is 15.1 Å². The van der Waals surface area contributed by atoms with E-state index < -0.39 is 0 Å². The minimum Gasteiger partial charge on any atom is -0.355 e. The molecule has 3 aromatic rings. The van der Waals surface area contributed by atoms with Crippen molar-refractivity contribution < 1.29 is 4.79 Å². The highest BCUT2D eigenvalue weighted by molar-refractivity contribution is 5.99. The van der Waals surface area contributed by atoms with Crippen molar-refractivity contribution in [1.82, 2.24) is 30.2 Å². The Morgan fingerprint density at radius 1 is 1.10 bits per heavy atom. The molecule has 31 heavy (non-hydrogen) atoms. The van der Waals surface area contributed by atoms with Crippen LogP contribution in [0.25, 0.3) is 22.2 Å². The van der Waals surface area contributed by atoms with Gasteiger partial charge in [0.1, 0.15) is 5.69 Å². The lowest BCUT2D eigenvalue weighted by molar-refractivity contribution is 0.173. The summed E-state index contributed by atoms with van der Waals surface area (Å²) in [5, 5.41) is 18.7.